The van der Waals surface area contributed by atoms with Crippen LogP contribution in [0.25, 0.3) is 26.8 Å². The zero-order valence-corrected chi connectivity index (χ0v) is 20.0. The minimum Gasteiger partial charge on any atom is -0.448 e. The molecule has 0 radical (unpaired) electrons. The third-order valence-corrected chi connectivity index (χ3v) is 8.54. The Morgan fingerprint density at radius 2 is 1.63 bits per heavy atom. The summed E-state index contributed by atoms with van der Waals surface area (Å²) in [6, 6.07) is 25.3. The van der Waals surface area contributed by atoms with Crippen LogP contribution in [0.5, 0.6) is 0 Å². The van der Waals surface area contributed by atoms with Gasteiger partial charge in [0.1, 0.15) is 6.61 Å². The van der Waals surface area contributed by atoms with E-state index in [-0.39, 0.29) is 24.1 Å². The molecule has 1 saturated heterocycles. The molecule has 2 unspecified atom stereocenters. The maximum Gasteiger partial charge on any atom is 0.410 e. The topological polar surface area (TPSA) is 38.8 Å². The standard InChI is InChI=1S/C30H25NO3S/c32-30(34-17-27-24-9-3-1-7-22(24)23-8-2-4-10-25(23)27)31-20-13-19(14-21(31)16-33-15-20)28-18-35-29-12-6-5-11-26(28)29/h1-13,18,20-21,27H,14-17H2. The molecule has 3 aromatic carbocycles. The van der Waals surface area contributed by atoms with Crippen LogP contribution in [-0.2, 0) is 9.47 Å². The van der Waals surface area contributed by atoms with Crippen LogP contribution in [0.3, 0.4) is 0 Å². The predicted octanol–water partition coefficient (Wildman–Crippen LogP) is 6.71. The van der Waals surface area contributed by atoms with E-state index in [1.807, 2.05) is 4.90 Å². The third-order valence-electron chi connectivity index (χ3n) is 7.57. The fraction of sp³-hybridized carbons (Fsp3) is 0.233. The van der Waals surface area contributed by atoms with Gasteiger partial charge in [-0.1, -0.05) is 72.8 Å². The molecule has 2 atom stereocenters. The first kappa shape index (κ1) is 20.9. The quantitative estimate of drug-likeness (QED) is 0.328. The van der Waals surface area contributed by atoms with E-state index in [9.17, 15) is 4.79 Å². The van der Waals surface area contributed by atoms with Crippen molar-refractivity contribution in [1.29, 1.82) is 0 Å². The number of rotatable bonds is 3. The minimum absolute atomic E-state index is 0.0111. The predicted molar refractivity (Wildman–Crippen MR) is 140 cm³/mol. The van der Waals surface area contributed by atoms with E-state index in [0.29, 0.717) is 19.8 Å². The summed E-state index contributed by atoms with van der Waals surface area (Å²) in [4.78, 5) is 15.3. The van der Waals surface area contributed by atoms with Crippen LogP contribution < -0.4 is 0 Å². The van der Waals surface area contributed by atoms with Crippen LogP contribution in [0.1, 0.15) is 29.0 Å². The molecule has 3 aliphatic rings. The molecule has 2 bridgehead atoms. The second kappa shape index (κ2) is 8.36. The number of hydrogen-bond acceptors (Lipinski definition) is 4. The molecule has 174 valence electrons. The molecule has 1 amide bonds. The van der Waals surface area contributed by atoms with E-state index in [2.05, 4.69) is 84.3 Å². The zero-order chi connectivity index (χ0) is 23.4. The van der Waals surface area contributed by atoms with Crippen LogP contribution in [0.15, 0.2) is 84.3 Å². The smallest absolute Gasteiger partial charge is 0.410 e. The van der Waals surface area contributed by atoms with E-state index >= 15 is 0 Å². The van der Waals surface area contributed by atoms with Gasteiger partial charge in [-0.25, -0.2) is 4.79 Å². The lowest BCUT2D eigenvalue weighted by Gasteiger charge is -2.43. The first-order chi connectivity index (χ1) is 17.3. The lowest BCUT2D eigenvalue weighted by Crippen LogP contribution is -2.56. The van der Waals surface area contributed by atoms with Gasteiger partial charge in [0.2, 0.25) is 0 Å². The molecular formula is C30H25NO3S. The van der Waals surface area contributed by atoms with Gasteiger partial charge in [0, 0.05) is 10.6 Å². The molecule has 1 fully saturated rings. The summed E-state index contributed by atoms with van der Waals surface area (Å²) in [5.74, 6) is 0.0653. The Morgan fingerprint density at radius 1 is 0.914 bits per heavy atom. The highest BCUT2D eigenvalue weighted by atomic mass is 32.1. The number of carbonyl (C=O) groups excluding carboxylic acids is 1. The Hall–Kier alpha value is -3.41. The Balaban J connectivity index is 1.14. The summed E-state index contributed by atoms with van der Waals surface area (Å²) < 4.78 is 13.2. The molecule has 0 saturated carbocycles. The summed E-state index contributed by atoms with van der Waals surface area (Å²) in [5, 5.41) is 3.54. The van der Waals surface area contributed by atoms with Crippen molar-refractivity contribution in [2.45, 2.75) is 24.4 Å². The van der Waals surface area contributed by atoms with E-state index in [1.165, 1.54) is 43.5 Å². The summed E-state index contributed by atoms with van der Waals surface area (Å²) in [7, 11) is 0. The van der Waals surface area contributed by atoms with Crippen molar-refractivity contribution in [1.82, 2.24) is 4.90 Å². The first-order valence-corrected chi connectivity index (χ1v) is 13.0. The lowest BCUT2D eigenvalue weighted by molar-refractivity contribution is -0.0331. The van der Waals surface area contributed by atoms with Gasteiger partial charge in [-0.2, -0.15) is 0 Å². The average Bonchev–Trinajstić information content (AvgIpc) is 3.46. The van der Waals surface area contributed by atoms with Crippen LogP contribution >= 0.6 is 11.3 Å². The number of amides is 1. The van der Waals surface area contributed by atoms with E-state index in [4.69, 9.17) is 9.47 Å². The van der Waals surface area contributed by atoms with Crippen molar-refractivity contribution >= 4 is 33.1 Å². The van der Waals surface area contributed by atoms with E-state index < -0.39 is 0 Å². The largest absolute Gasteiger partial charge is 0.448 e. The van der Waals surface area contributed by atoms with Gasteiger partial charge in [0.25, 0.3) is 0 Å². The van der Waals surface area contributed by atoms with Gasteiger partial charge in [0.05, 0.1) is 25.3 Å². The highest BCUT2D eigenvalue weighted by Crippen LogP contribution is 2.45. The number of ether oxygens (including phenoxy) is 2. The minimum atomic E-state index is -0.240. The summed E-state index contributed by atoms with van der Waals surface area (Å²) >= 11 is 1.78. The number of hydrogen-bond donors (Lipinski definition) is 0. The van der Waals surface area contributed by atoms with Gasteiger partial charge in [-0.15, -0.1) is 11.3 Å². The number of thiophene rings is 1. The van der Waals surface area contributed by atoms with Crippen molar-refractivity contribution in [3.63, 3.8) is 0 Å². The Kier molecular flexibility index (Phi) is 5.00. The molecule has 7 rings (SSSR count). The Bertz CT molecular complexity index is 1430. The average molecular weight is 480 g/mol. The Labute approximate surface area is 208 Å². The first-order valence-electron chi connectivity index (χ1n) is 12.2. The molecule has 1 aromatic heterocycles. The SMILES string of the molecule is O=C(OCC1c2ccccc2-c2ccccc21)N1C2C=C(c3csc4ccccc34)CC1COC2. The van der Waals surface area contributed by atoms with Crippen molar-refractivity contribution < 1.29 is 14.3 Å². The number of morpholine rings is 1. The summed E-state index contributed by atoms with van der Waals surface area (Å²) in [5.41, 5.74) is 7.54. The maximum atomic E-state index is 13.4. The molecule has 4 nitrogen and oxygen atoms in total. The van der Waals surface area contributed by atoms with Crippen molar-refractivity contribution in [2.24, 2.45) is 0 Å². The molecule has 2 aliphatic heterocycles. The van der Waals surface area contributed by atoms with Crippen LogP contribution in [0.2, 0.25) is 0 Å². The van der Waals surface area contributed by atoms with Gasteiger partial charge in [0.15, 0.2) is 0 Å². The lowest BCUT2D eigenvalue weighted by atomic mass is 9.90. The molecular weight excluding hydrogens is 454 g/mol. The molecule has 1 aliphatic carbocycles. The molecule has 4 aromatic rings. The van der Waals surface area contributed by atoms with Crippen LogP contribution in [0.4, 0.5) is 4.79 Å². The Morgan fingerprint density at radius 3 is 2.40 bits per heavy atom. The van der Waals surface area contributed by atoms with Crippen LogP contribution in [0, 0.1) is 0 Å². The maximum absolute atomic E-state index is 13.4. The molecule has 5 heteroatoms. The normalized spacial score (nSPS) is 20.9. The molecule has 35 heavy (non-hydrogen) atoms. The van der Waals surface area contributed by atoms with E-state index in [1.54, 1.807) is 11.3 Å². The highest BCUT2D eigenvalue weighted by Gasteiger charge is 2.40. The summed E-state index contributed by atoms with van der Waals surface area (Å²) in [6.07, 6.45) is 2.75. The second-order valence-electron chi connectivity index (χ2n) is 9.51. The van der Waals surface area contributed by atoms with Gasteiger partial charge < -0.3 is 9.47 Å². The van der Waals surface area contributed by atoms with Gasteiger partial charge in [-0.3, -0.25) is 4.90 Å². The highest BCUT2D eigenvalue weighted by molar-refractivity contribution is 7.17. The molecule has 0 N–H and O–H groups in total. The van der Waals surface area contributed by atoms with E-state index in [0.717, 1.165) is 6.42 Å². The fourth-order valence-corrected chi connectivity index (χ4v) is 6.96. The van der Waals surface area contributed by atoms with Crippen molar-refractivity contribution in [3.05, 3.63) is 101 Å². The van der Waals surface area contributed by atoms with Crippen LogP contribution in [-0.4, -0.2) is 42.9 Å². The number of fused-ring (bicyclic) bond motifs is 6. The van der Waals surface area contributed by atoms with Gasteiger partial charge >= 0.3 is 6.09 Å². The second-order valence-corrected chi connectivity index (χ2v) is 10.4. The number of carbonyl (C=O) groups is 1. The zero-order valence-electron chi connectivity index (χ0n) is 19.2. The van der Waals surface area contributed by atoms with Crippen molar-refractivity contribution in [3.8, 4) is 11.1 Å². The molecule has 0 spiro atoms. The van der Waals surface area contributed by atoms with Crippen molar-refractivity contribution in [2.75, 3.05) is 19.8 Å². The summed E-state index contributed by atoms with van der Waals surface area (Å²) in [6.45, 7) is 1.39. The molecule has 3 heterocycles. The monoisotopic (exact) mass is 479 g/mol. The van der Waals surface area contributed by atoms with Gasteiger partial charge in [-0.05, 0) is 56.6 Å². The number of nitrogens with zero attached hydrogens (tertiary/aromatic N) is 1. The fourth-order valence-electron chi connectivity index (χ4n) is 5.98. The number of benzene rings is 3. The third kappa shape index (κ3) is 3.41.